The van der Waals surface area contributed by atoms with E-state index in [0.717, 1.165) is 12.1 Å². The third kappa shape index (κ3) is 3.54. The summed E-state index contributed by atoms with van der Waals surface area (Å²) < 4.78 is 2.16. The van der Waals surface area contributed by atoms with Crippen LogP contribution in [0.3, 0.4) is 0 Å². The fourth-order valence-corrected chi connectivity index (χ4v) is 2.40. The minimum absolute atomic E-state index is 0.195. The van der Waals surface area contributed by atoms with Crippen LogP contribution in [0, 0.1) is 0 Å². The molecular weight excluding hydrogens is 293 g/mol. The number of imidazole rings is 1. The molecule has 1 aromatic heterocycles. The fourth-order valence-electron chi connectivity index (χ4n) is 2.09. The third-order valence-electron chi connectivity index (χ3n) is 3.34. The Labute approximate surface area is 129 Å². The van der Waals surface area contributed by atoms with Crippen LogP contribution >= 0.6 is 23.2 Å². The lowest BCUT2D eigenvalue weighted by Gasteiger charge is -2.17. The monoisotopic (exact) mass is 311 g/mol. The highest BCUT2D eigenvalue weighted by molar-refractivity contribution is 6.42. The van der Waals surface area contributed by atoms with E-state index in [1.165, 1.54) is 5.69 Å². The number of nitrogens with one attached hydrogen (secondary N) is 1. The summed E-state index contributed by atoms with van der Waals surface area (Å²) in [5.74, 6) is 0. The van der Waals surface area contributed by atoms with Gasteiger partial charge in [0.25, 0.3) is 0 Å². The summed E-state index contributed by atoms with van der Waals surface area (Å²) in [7, 11) is 0. The molecule has 2 rings (SSSR count). The van der Waals surface area contributed by atoms with E-state index in [1.54, 1.807) is 0 Å². The van der Waals surface area contributed by atoms with Crippen LogP contribution in [0.4, 0.5) is 0 Å². The molecule has 1 atom stereocenters. The summed E-state index contributed by atoms with van der Waals surface area (Å²) in [6, 6.07) is 6.33. The fraction of sp³-hybridized carbons (Fsp3) is 0.400. The third-order valence-corrected chi connectivity index (χ3v) is 4.07. The van der Waals surface area contributed by atoms with E-state index in [4.69, 9.17) is 23.2 Å². The summed E-state index contributed by atoms with van der Waals surface area (Å²) in [5.41, 5.74) is 2.29. The largest absolute Gasteiger partial charge is 0.331 e. The molecule has 1 unspecified atom stereocenters. The minimum atomic E-state index is 0.195. The predicted molar refractivity (Wildman–Crippen MR) is 84.3 cm³/mol. The van der Waals surface area contributed by atoms with Gasteiger partial charge in [-0.1, -0.05) is 29.3 Å². The maximum absolute atomic E-state index is 6.05. The van der Waals surface area contributed by atoms with Gasteiger partial charge in [-0.3, -0.25) is 0 Å². The molecule has 5 heteroatoms. The molecule has 0 bridgehead atoms. The average molecular weight is 312 g/mol. The van der Waals surface area contributed by atoms with Gasteiger partial charge in [0.15, 0.2) is 0 Å². The van der Waals surface area contributed by atoms with Gasteiger partial charge in [0.1, 0.15) is 0 Å². The first-order valence-electron chi connectivity index (χ1n) is 6.68. The van der Waals surface area contributed by atoms with E-state index < -0.39 is 0 Å². The van der Waals surface area contributed by atoms with Crippen LogP contribution in [-0.2, 0) is 6.54 Å². The highest BCUT2D eigenvalue weighted by Crippen LogP contribution is 2.25. The van der Waals surface area contributed by atoms with Gasteiger partial charge in [-0.2, -0.15) is 0 Å². The zero-order valence-electron chi connectivity index (χ0n) is 11.9. The second-order valence-corrected chi connectivity index (χ2v) is 5.98. The van der Waals surface area contributed by atoms with Crippen LogP contribution in [0.1, 0.15) is 44.1 Å². The van der Waals surface area contributed by atoms with E-state index in [2.05, 4.69) is 35.6 Å². The van der Waals surface area contributed by atoms with E-state index in [1.807, 2.05) is 30.7 Å². The first-order chi connectivity index (χ1) is 9.49. The Morgan fingerprint density at radius 3 is 2.60 bits per heavy atom. The average Bonchev–Trinajstić information content (AvgIpc) is 2.87. The molecule has 108 valence electrons. The summed E-state index contributed by atoms with van der Waals surface area (Å²) >= 11 is 12.0. The molecule has 0 saturated heterocycles. The molecule has 1 N–H and O–H groups in total. The Hall–Kier alpha value is -1.03. The molecular formula is C15H19Cl2N3. The van der Waals surface area contributed by atoms with Crippen molar-refractivity contribution in [3.05, 3.63) is 52.0 Å². The number of benzene rings is 1. The quantitative estimate of drug-likeness (QED) is 0.873. The van der Waals surface area contributed by atoms with Crippen LogP contribution in [-0.4, -0.2) is 9.55 Å². The normalized spacial score (nSPS) is 12.9. The number of hydrogen-bond donors (Lipinski definition) is 1. The molecule has 3 nitrogen and oxygen atoms in total. The summed E-state index contributed by atoms with van der Waals surface area (Å²) in [6.07, 6.45) is 3.76. The van der Waals surface area contributed by atoms with Gasteiger partial charge in [0.05, 0.1) is 22.1 Å². The summed E-state index contributed by atoms with van der Waals surface area (Å²) in [6.45, 7) is 7.16. The topological polar surface area (TPSA) is 29.9 Å². The second kappa shape index (κ2) is 6.61. The first kappa shape index (κ1) is 15.4. The highest BCUT2D eigenvalue weighted by Gasteiger charge is 2.10. The van der Waals surface area contributed by atoms with Crippen molar-refractivity contribution < 1.29 is 0 Å². The number of rotatable bonds is 5. The maximum atomic E-state index is 6.05. The van der Waals surface area contributed by atoms with Crippen molar-refractivity contribution in [1.29, 1.82) is 0 Å². The molecule has 2 aromatic rings. The summed E-state index contributed by atoms with van der Waals surface area (Å²) in [4.78, 5) is 4.20. The molecule has 20 heavy (non-hydrogen) atoms. The first-order valence-corrected chi connectivity index (χ1v) is 7.43. The van der Waals surface area contributed by atoms with Crippen LogP contribution in [0.15, 0.2) is 30.7 Å². The molecule has 0 amide bonds. The molecule has 0 aliphatic heterocycles. The SMILES string of the molecule is CC(NCc1cncn1C(C)C)c1ccc(Cl)c(Cl)c1. The Balaban J connectivity index is 2.03. The molecule has 0 spiro atoms. The Morgan fingerprint density at radius 1 is 1.20 bits per heavy atom. The predicted octanol–water partition coefficient (Wildman–Crippen LogP) is 4.62. The number of hydrogen-bond acceptors (Lipinski definition) is 2. The van der Waals surface area contributed by atoms with Crippen molar-refractivity contribution in [3.63, 3.8) is 0 Å². The van der Waals surface area contributed by atoms with E-state index >= 15 is 0 Å². The number of aromatic nitrogens is 2. The Kier molecular flexibility index (Phi) is 5.08. The molecule has 0 radical (unpaired) electrons. The molecule has 0 aliphatic carbocycles. The highest BCUT2D eigenvalue weighted by atomic mass is 35.5. The van der Waals surface area contributed by atoms with Gasteiger partial charge < -0.3 is 9.88 Å². The van der Waals surface area contributed by atoms with Gasteiger partial charge in [0.2, 0.25) is 0 Å². The summed E-state index contributed by atoms with van der Waals surface area (Å²) in [5, 5.41) is 4.65. The van der Waals surface area contributed by atoms with Gasteiger partial charge in [-0.15, -0.1) is 0 Å². The molecule has 0 saturated carbocycles. The van der Waals surface area contributed by atoms with Crippen molar-refractivity contribution in [2.24, 2.45) is 0 Å². The molecule has 1 aromatic carbocycles. The Bertz CT molecular complexity index is 578. The minimum Gasteiger partial charge on any atom is -0.331 e. The van der Waals surface area contributed by atoms with Gasteiger partial charge >= 0.3 is 0 Å². The van der Waals surface area contributed by atoms with Crippen molar-refractivity contribution in [1.82, 2.24) is 14.9 Å². The van der Waals surface area contributed by atoms with Crippen molar-refractivity contribution in [2.75, 3.05) is 0 Å². The van der Waals surface area contributed by atoms with E-state index in [0.29, 0.717) is 16.1 Å². The smallest absolute Gasteiger partial charge is 0.0951 e. The zero-order chi connectivity index (χ0) is 14.7. The van der Waals surface area contributed by atoms with Gasteiger partial charge in [-0.25, -0.2) is 4.98 Å². The van der Waals surface area contributed by atoms with Gasteiger partial charge in [0, 0.05) is 24.8 Å². The van der Waals surface area contributed by atoms with Crippen LogP contribution in [0.25, 0.3) is 0 Å². The standard InChI is InChI=1S/C15H19Cl2N3/c1-10(2)20-9-18-7-13(20)8-19-11(3)12-4-5-14(16)15(17)6-12/h4-7,9-11,19H,8H2,1-3H3. The van der Waals surface area contributed by atoms with Crippen molar-refractivity contribution >= 4 is 23.2 Å². The van der Waals surface area contributed by atoms with E-state index in [9.17, 15) is 0 Å². The maximum Gasteiger partial charge on any atom is 0.0951 e. The van der Waals surface area contributed by atoms with Gasteiger partial charge in [-0.05, 0) is 38.5 Å². The lowest BCUT2D eigenvalue weighted by atomic mass is 10.1. The molecule has 0 aliphatic rings. The second-order valence-electron chi connectivity index (χ2n) is 5.16. The van der Waals surface area contributed by atoms with Crippen LogP contribution < -0.4 is 5.32 Å². The number of halogens is 2. The van der Waals surface area contributed by atoms with Crippen LogP contribution in [0.5, 0.6) is 0 Å². The van der Waals surface area contributed by atoms with E-state index in [-0.39, 0.29) is 6.04 Å². The van der Waals surface area contributed by atoms with Crippen LogP contribution in [0.2, 0.25) is 10.0 Å². The van der Waals surface area contributed by atoms with Crippen molar-refractivity contribution in [3.8, 4) is 0 Å². The molecule has 0 fully saturated rings. The van der Waals surface area contributed by atoms with Crippen molar-refractivity contribution in [2.45, 2.75) is 39.4 Å². The zero-order valence-corrected chi connectivity index (χ0v) is 13.4. The molecule has 1 heterocycles. The Morgan fingerprint density at radius 2 is 1.95 bits per heavy atom. The number of nitrogens with zero attached hydrogens (tertiary/aromatic N) is 2. The lowest BCUT2D eigenvalue weighted by Crippen LogP contribution is -2.20. The lowest BCUT2D eigenvalue weighted by molar-refractivity contribution is 0.518.